The Bertz CT molecular complexity index is 430. The van der Waals surface area contributed by atoms with Crippen LogP contribution in [0.15, 0.2) is 6.33 Å². The summed E-state index contributed by atoms with van der Waals surface area (Å²) >= 11 is 0. The van der Waals surface area contributed by atoms with Gasteiger partial charge in [0.05, 0.1) is 13.7 Å². The molecule has 9 nitrogen and oxygen atoms in total. The van der Waals surface area contributed by atoms with Crippen molar-refractivity contribution in [3.8, 4) is 0 Å². The number of aryl methyl sites for hydroxylation is 1. The summed E-state index contributed by atoms with van der Waals surface area (Å²) in [6.07, 6.45) is 1.23. The average molecular weight is 244 g/mol. The summed E-state index contributed by atoms with van der Waals surface area (Å²) in [5, 5.41) is 22.2. The molecule has 0 spiro atoms. The maximum atomic E-state index is 11.2. The number of methoxy groups -OCH3 is 1. The Balaban J connectivity index is 2.96. The third-order valence-corrected chi connectivity index (χ3v) is 2.07. The Kier molecular flexibility index (Phi) is 3.99. The molecule has 0 amide bonds. The number of aliphatic hydroxyl groups excluding tert-OH is 1. The smallest absolute Gasteiger partial charge is 0.406 e. The van der Waals surface area contributed by atoms with E-state index in [9.17, 15) is 14.9 Å². The zero-order chi connectivity index (χ0) is 13.0. The van der Waals surface area contributed by atoms with Gasteiger partial charge in [-0.25, -0.2) is 4.79 Å². The summed E-state index contributed by atoms with van der Waals surface area (Å²) in [6.45, 7) is -0.547. The number of imidazole rings is 1. The van der Waals surface area contributed by atoms with Crippen molar-refractivity contribution >= 4 is 17.6 Å². The third-order valence-electron chi connectivity index (χ3n) is 2.07. The van der Waals surface area contributed by atoms with Crippen molar-refractivity contribution in [3.05, 3.63) is 16.4 Å². The molecule has 1 rings (SSSR count). The van der Waals surface area contributed by atoms with Crippen molar-refractivity contribution in [1.29, 1.82) is 0 Å². The molecule has 0 aliphatic carbocycles. The first-order valence-corrected chi connectivity index (χ1v) is 4.62. The highest BCUT2D eigenvalue weighted by molar-refractivity contribution is 5.79. The van der Waals surface area contributed by atoms with Crippen molar-refractivity contribution < 1.29 is 19.6 Å². The van der Waals surface area contributed by atoms with Gasteiger partial charge in [0.25, 0.3) is 0 Å². The molecule has 0 saturated carbocycles. The molecule has 1 atom stereocenters. The number of nitrogens with zero attached hydrogens (tertiary/aromatic N) is 3. The second-order valence-corrected chi connectivity index (χ2v) is 3.19. The highest BCUT2D eigenvalue weighted by atomic mass is 16.6. The molecule has 0 radical (unpaired) electrons. The van der Waals surface area contributed by atoms with Gasteiger partial charge in [0.2, 0.25) is 12.1 Å². The van der Waals surface area contributed by atoms with Crippen LogP contribution < -0.4 is 5.32 Å². The first kappa shape index (κ1) is 12.9. The maximum absolute atomic E-state index is 11.2. The van der Waals surface area contributed by atoms with Crippen molar-refractivity contribution in [2.45, 2.75) is 6.04 Å². The van der Waals surface area contributed by atoms with Gasteiger partial charge >= 0.3 is 11.8 Å². The molecule has 94 valence electrons. The van der Waals surface area contributed by atoms with E-state index in [4.69, 9.17) is 5.11 Å². The normalized spacial score (nSPS) is 11.9. The van der Waals surface area contributed by atoms with E-state index in [0.29, 0.717) is 0 Å². The van der Waals surface area contributed by atoms with E-state index in [-0.39, 0.29) is 5.82 Å². The molecule has 0 bridgehead atoms. The van der Waals surface area contributed by atoms with E-state index >= 15 is 0 Å². The Labute approximate surface area is 96.2 Å². The van der Waals surface area contributed by atoms with Gasteiger partial charge in [0.1, 0.15) is 6.04 Å². The summed E-state index contributed by atoms with van der Waals surface area (Å²) < 4.78 is 5.77. The molecule has 0 aliphatic heterocycles. The summed E-state index contributed by atoms with van der Waals surface area (Å²) in [5.74, 6) is -1.11. The minimum atomic E-state index is -1.07. The van der Waals surface area contributed by atoms with Crippen LogP contribution in [-0.2, 0) is 16.6 Å². The molecule has 0 aromatic carbocycles. The van der Waals surface area contributed by atoms with Crippen molar-refractivity contribution in [2.75, 3.05) is 19.0 Å². The van der Waals surface area contributed by atoms with Crippen LogP contribution >= 0.6 is 0 Å². The maximum Gasteiger partial charge on any atom is 0.406 e. The molecule has 9 heteroatoms. The Morgan fingerprint density at radius 2 is 2.47 bits per heavy atom. The Hall–Kier alpha value is -2.16. The molecule has 1 unspecified atom stereocenters. The summed E-state index contributed by atoms with van der Waals surface area (Å²) in [6, 6.07) is -1.07. The van der Waals surface area contributed by atoms with Crippen LogP contribution in [0.2, 0.25) is 0 Å². The molecule has 1 heterocycles. The second kappa shape index (κ2) is 5.25. The van der Waals surface area contributed by atoms with Crippen LogP contribution in [-0.4, -0.2) is 45.3 Å². The van der Waals surface area contributed by atoms with Gasteiger partial charge in [0, 0.05) is 7.05 Å². The second-order valence-electron chi connectivity index (χ2n) is 3.19. The summed E-state index contributed by atoms with van der Waals surface area (Å²) in [4.78, 5) is 24.7. The third kappa shape index (κ3) is 2.69. The monoisotopic (exact) mass is 244 g/mol. The topological polar surface area (TPSA) is 120 Å². The van der Waals surface area contributed by atoms with E-state index in [2.05, 4.69) is 15.0 Å². The fourth-order valence-electron chi connectivity index (χ4n) is 1.20. The predicted octanol–water partition coefficient (Wildman–Crippen LogP) is -0.726. The predicted molar refractivity (Wildman–Crippen MR) is 56.4 cm³/mol. The van der Waals surface area contributed by atoms with Gasteiger partial charge in [0.15, 0.2) is 0 Å². The minimum absolute atomic E-state index is 0.0273. The van der Waals surface area contributed by atoms with Gasteiger partial charge in [-0.1, -0.05) is 0 Å². The lowest BCUT2D eigenvalue weighted by Gasteiger charge is -2.14. The largest absolute Gasteiger partial charge is 0.467 e. The molecule has 0 fully saturated rings. The number of carbonyl (C=O) groups excluding carboxylic acids is 1. The number of nitrogens with one attached hydrogen (secondary N) is 1. The number of esters is 1. The molecule has 0 aliphatic rings. The van der Waals surface area contributed by atoms with Crippen LogP contribution in [0.25, 0.3) is 0 Å². The molecular formula is C8H12N4O5. The molecule has 17 heavy (non-hydrogen) atoms. The Morgan fingerprint density at radius 1 is 1.82 bits per heavy atom. The number of aliphatic hydroxyl groups is 1. The average Bonchev–Trinajstić information content (AvgIpc) is 2.66. The number of carbonyl (C=O) groups is 1. The standard InChI is InChI=1S/C8H12N4O5/c1-11-4-9-6(12(15)16)7(11)10-5(3-13)8(14)17-2/h4-5,10,13H,3H2,1-2H3. The van der Waals surface area contributed by atoms with E-state index < -0.39 is 29.4 Å². The van der Waals surface area contributed by atoms with Gasteiger partial charge in [-0.15, -0.1) is 0 Å². The van der Waals surface area contributed by atoms with Crippen molar-refractivity contribution in [2.24, 2.45) is 7.05 Å². The van der Waals surface area contributed by atoms with Crippen LogP contribution in [0.1, 0.15) is 0 Å². The van der Waals surface area contributed by atoms with E-state index in [1.165, 1.54) is 17.9 Å². The van der Waals surface area contributed by atoms with E-state index in [0.717, 1.165) is 7.11 Å². The molecule has 1 aromatic heterocycles. The van der Waals surface area contributed by atoms with Gasteiger partial charge in [-0.2, -0.15) is 0 Å². The van der Waals surface area contributed by atoms with E-state index in [1.54, 1.807) is 0 Å². The lowest BCUT2D eigenvalue weighted by Crippen LogP contribution is -2.34. The number of ether oxygens (including phenoxy) is 1. The molecule has 1 aromatic rings. The van der Waals surface area contributed by atoms with Gasteiger partial charge in [-0.3, -0.25) is 4.57 Å². The summed E-state index contributed by atoms with van der Waals surface area (Å²) in [5.41, 5.74) is 0. The number of hydrogen-bond acceptors (Lipinski definition) is 7. The molecule has 0 saturated heterocycles. The first-order valence-electron chi connectivity index (χ1n) is 4.62. The van der Waals surface area contributed by atoms with E-state index in [1.807, 2.05) is 0 Å². The fraction of sp³-hybridized carbons (Fsp3) is 0.500. The number of anilines is 1. The zero-order valence-electron chi connectivity index (χ0n) is 9.28. The highest BCUT2D eigenvalue weighted by Gasteiger charge is 2.26. The van der Waals surface area contributed by atoms with Gasteiger partial charge in [-0.05, 0) is 9.91 Å². The van der Waals surface area contributed by atoms with Crippen molar-refractivity contribution in [1.82, 2.24) is 9.55 Å². The lowest BCUT2D eigenvalue weighted by atomic mass is 10.3. The highest BCUT2D eigenvalue weighted by Crippen LogP contribution is 2.21. The molecule has 2 N–H and O–H groups in total. The first-order chi connectivity index (χ1) is 8.01. The lowest BCUT2D eigenvalue weighted by molar-refractivity contribution is -0.388. The zero-order valence-corrected chi connectivity index (χ0v) is 9.28. The van der Waals surface area contributed by atoms with Crippen LogP contribution in [0, 0.1) is 10.1 Å². The number of aromatic nitrogens is 2. The van der Waals surface area contributed by atoms with Crippen LogP contribution in [0.5, 0.6) is 0 Å². The quantitative estimate of drug-likeness (QED) is 0.398. The fourth-order valence-corrected chi connectivity index (χ4v) is 1.20. The van der Waals surface area contributed by atoms with Crippen LogP contribution in [0.3, 0.4) is 0 Å². The minimum Gasteiger partial charge on any atom is -0.467 e. The van der Waals surface area contributed by atoms with Crippen molar-refractivity contribution in [3.63, 3.8) is 0 Å². The number of rotatable bonds is 5. The van der Waals surface area contributed by atoms with Crippen LogP contribution in [0.4, 0.5) is 11.6 Å². The van der Waals surface area contributed by atoms with Gasteiger partial charge < -0.3 is 25.3 Å². The molecular weight excluding hydrogens is 232 g/mol. The summed E-state index contributed by atoms with van der Waals surface area (Å²) in [7, 11) is 2.68. The Morgan fingerprint density at radius 3 is 2.94 bits per heavy atom. The SMILES string of the molecule is COC(=O)C(CO)Nc1c([N+](=O)[O-])ncn1C. The number of nitro groups is 1. The number of hydrogen-bond donors (Lipinski definition) is 2.